The third kappa shape index (κ3) is 2.59. The highest BCUT2D eigenvalue weighted by atomic mass is 16.3. The van der Waals surface area contributed by atoms with Crippen molar-refractivity contribution in [3.63, 3.8) is 0 Å². The van der Waals surface area contributed by atoms with E-state index in [0.29, 0.717) is 24.5 Å². The summed E-state index contributed by atoms with van der Waals surface area (Å²) in [6.07, 6.45) is 1.71. The zero-order valence-electron chi connectivity index (χ0n) is 12.1. The number of fused-ring (bicyclic) bond motifs is 1. The van der Waals surface area contributed by atoms with Gasteiger partial charge in [-0.3, -0.25) is 4.68 Å². The van der Waals surface area contributed by atoms with Crippen LogP contribution in [0, 0.1) is 0 Å². The van der Waals surface area contributed by atoms with Crippen LogP contribution in [0.1, 0.15) is 24.7 Å². The number of anilines is 1. The molecule has 0 bridgehead atoms. The number of aryl methyl sites for hydroxylation is 3. The normalized spacial score (nSPS) is 12.9. The summed E-state index contributed by atoms with van der Waals surface area (Å²) >= 11 is 0. The molecule has 1 unspecified atom stereocenters. The average molecular weight is 286 g/mol. The van der Waals surface area contributed by atoms with Gasteiger partial charge < -0.3 is 15.4 Å². The summed E-state index contributed by atoms with van der Waals surface area (Å²) in [4.78, 5) is 8.70. The van der Waals surface area contributed by atoms with Crippen molar-refractivity contribution >= 4 is 16.7 Å². The lowest BCUT2D eigenvalue weighted by Gasteiger charge is -2.09. The van der Waals surface area contributed by atoms with E-state index in [-0.39, 0.29) is 0 Å². The Morgan fingerprint density at radius 1 is 1.38 bits per heavy atom. The van der Waals surface area contributed by atoms with Crippen LogP contribution < -0.4 is 5.73 Å². The van der Waals surface area contributed by atoms with Gasteiger partial charge in [-0.25, -0.2) is 9.97 Å². The van der Waals surface area contributed by atoms with E-state index < -0.39 is 6.10 Å². The van der Waals surface area contributed by atoms with Gasteiger partial charge in [-0.2, -0.15) is 5.10 Å². The zero-order chi connectivity index (χ0) is 15.0. The molecule has 1 aromatic carbocycles. The molecule has 0 aliphatic carbocycles. The number of rotatable bonds is 4. The van der Waals surface area contributed by atoms with Crippen LogP contribution in [-0.2, 0) is 20.0 Å². The number of aromatic nitrogens is 5. The van der Waals surface area contributed by atoms with E-state index in [1.54, 1.807) is 17.9 Å². The molecule has 110 valence electrons. The van der Waals surface area contributed by atoms with Gasteiger partial charge in [0.2, 0.25) is 0 Å². The summed E-state index contributed by atoms with van der Waals surface area (Å²) in [7, 11) is 1.84. The average Bonchev–Trinajstić information content (AvgIpc) is 2.99. The summed E-state index contributed by atoms with van der Waals surface area (Å²) < 4.78 is 3.67. The first kappa shape index (κ1) is 13.6. The fourth-order valence-electron chi connectivity index (χ4n) is 2.43. The first-order valence-corrected chi connectivity index (χ1v) is 6.83. The molecule has 3 rings (SSSR count). The van der Waals surface area contributed by atoms with Crippen LogP contribution in [-0.4, -0.2) is 29.4 Å². The Hall–Kier alpha value is -2.41. The number of hydrogen-bond donors (Lipinski definition) is 2. The van der Waals surface area contributed by atoms with Crippen LogP contribution in [0.2, 0.25) is 0 Å². The highest BCUT2D eigenvalue weighted by Gasteiger charge is 2.15. The molecule has 0 fully saturated rings. The number of nitrogens with two attached hydrogens (primary N) is 1. The van der Waals surface area contributed by atoms with Gasteiger partial charge in [0.25, 0.3) is 0 Å². The molecule has 0 amide bonds. The van der Waals surface area contributed by atoms with E-state index >= 15 is 0 Å². The van der Waals surface area contributed by atoms with Gasteiger partial charge in [-0.05, 0) is 25.1 Å². The molecule has 3 N–H and O–H groups in total. The number of hydrogen-bond acceptors (Lipinski definition) is 5. The fraction of sp³-hybridized carbons (Fsp3) is 0.357. The molecule has 3 aromatic rings. The van der Waals surface area contributed by atoms with Gasteiger partial charge in [0.05, 0.1) is 11.0 Å². The molecular weight excluding hydrogens is 268 g/mol. The quantitative estimate of drug-likeness (QED) is 0.699. The molecule has 0 radical (unpaired) electrons. The van der Waals surface area contributed by atoms with E-state index in [0.717, 1.165) is 16.9 Å². The van der Waals surface area contributed by atoms with Crippen molar-refractivity contribution < 1.29 is 5.11 Å². The molecule has 21 heavy (non-hydrogen) atoms. The minimum absolute atomic E-state index is 0.631. The Morgan fingerprint density at radius 3 is 2.86 bits per heavy atom. The number of nitrogen functional groups attached to an aromatic ring is 1. The van der Waals surface area contributed by atoms with Crippen LogP contribution in [0.25, 0.3) is 11.0 Å². The highest BCUT2D eigenvalue weighted by Crippen LogP contribution is 2.23. The molecule has 0 saturated heterocycles. The van der Waals surface area contributed by atoms with E-state index in [9.17, 15) is 5.11 Å². The topological polar surface area (TPSA) is 94.8 Å². The summed E-state index contributed by atoms with van der Waals surface area (Å²) in [5.41, 5.74) is 8.20. The minimum atomic E-state index is -0.643. The largest absolute Gasteiger partial charge is 0.399 e. The number of nitrogens with zero attached hydrogens (tertiary/aromatic N) is 5. The van der Waals surface area contributed by atoms with E-state index in [1.807, 2.05) is 29.8 Å². The number of imidazole rings is 1. The van der Waals surface area contributed by atoms with Crippen LogP contribution in [0.5, 0.6) is 0 Å². The van der Waals surface area contributed by atoms with Crippen molar-refractivity contribution in [3.05, 3.63) is 36.2 Å². The minimum Gasteiger partial charge on any atom is -0.399 e. The Labute approximate surface area is 122 Å². The Balaban J connectivity index is 1.97. The molecule has 0 saturated carbocycles. The lowest BCUT2D eigenvalue weighted by molar-refractivity contribution is 0.184. The maximum atomic E-state index is 9.93. The number of aliphatic hydroxyl groups is 1. The number of benzene rings is 1. The lowest BCUT2D eigenvalue weighted by atomic mass is 10.2. The summed E-state index contributed by atoms with van der Waals surface area (Å²) in [5, 5.41) is 14.2. The van der Waals surface area contributed by atoms with Gasteiger partial charge in [0.15, 0.2) is 5.82 Å². The van der Waals surface area contributed by atoms with Gasteiger partial charge in [-0.15, -0.1) is 0 Å². The van der Waals surface area contributed by atoms with Crippen molar-refractivity contribution in [1.29, 1.82) is 0 Å². The van der Waals surface area contributed by atoms with E-state index in [2.05, 4.69) is 15.1 Å². The van der Waals surface area contributed by atoms with Crippen molar-refractivity contribution in [2.75, 3.05) is 5.73 Å². The molecule has 0 aliphatic rings. The SMILES string of the molecule is CC(O)c1nc2cc(N)ccc2n1CCc1ncn(C)n1. The van der Waals surface area contributed by atoms with Gasteiger partial charge in [0, 0.05) is 25.7 Å². The first-order chi connectivity index (χ1) is 10.0. The van der Waals surface area contributed by atoms with Crippen LogP contribution in [0.15, 0.2) is 24.5 Å². The molecular formula is C14H18N6O. The number of aliphatic hydroxyl groups excluding tert-OH is 1. The zero-order valence-corrected chi connectivity index (χ0v) is 12.1. The van der Waals surface area contributed by atoms with Gasteiger partial charge in [-0.1, -0.05) is 0 Å². The second kappa shape index (κ2) is 5.17. The third-order valence-corrected chi connectivity index (χ3v) is 3.38. The molecule has 7 nitrogen and oxygen atoms in total. The molecule has 0 spiro atoms. The second-order valence-electron chi connectivity index (χ2n) is 5.13. The lowest BCUT2D eigenvalue weighted by Crippen LogP contribution is -2.09. The maximum Gasteiger partial charge on any atom is 0.152 e. The fourth-order valence-corrected chi connectivity index (χ4v) is 2.43. The Bertz CT molecular complexity index is 773. The van der Waals surface area contributed by atoms with Crippen LogP contribution in [0.4, 0.5) is 5.69 Å². The Morgan fingerprint density at radius 2 is 2.19 bits per heavy atom. The second-order valence-corrected chi connectivity index (χ2v) is 5.13. The van der Waals surface area contributed by atoms with Crippen LogP contribution >= 0.6 is 0 Å². The summed E-state index contributed by atoms with van der Waals surface area (Å²) in [6, 6.07) is 5.58. The molecule has 2 heterocycles. The Kier molecular flexibility index (Phi) is 3.34. The van der Waals surface area contributed by atoms with Crippen molar-refractivity contribution in [2.24, 2.45) is 7.05 Å². The third-order valence-electron chi connectivity index (χ3n) is 3.38. The van der Waals surface area contributed by atoms with Crippen molar-refractivity contribution in [3.8, 4) is 0 Å². The predicted molar refractivity (Wildman–Crippen MR) is 79.5 cm³/mol. The van der Waals surface area contributed by atoms with Crippen LogP contribution in [0.3, 0.4) is 0 Å². The maximum absolute atomic E-state index is 9.93. The summed E-state index contributed by atoms with van der Waals surface area (Å²) in [5.74, 6) is 1.40. The first-order valence-electron chi connectivity index (χ1n) is 6.83. The molecule has 0 aliphatic heterocycles. The summed E-state index contributed by atoms with van der Waals surface area (Å²) in [6.45, 7) is 2.37. The van der Waals surface area contributed by atoms with E-state index in [1.165, 1.54) is 0 Å². The highest BCUT2D eigenvalue weighted by molar-refractivity contribution is 5.79. The van der Waals surface area contributed by atoms with Gasteiger partial charge >= 0.3 is 0 Å². The van der Waals surface area contributed by atoms with Gasteiger partial charge in [0.1, 0.15) is 18.3 Å². The molecule has 1 atom stereocenters. The van der Waals surface area contributed by atoms with Crippen molar-refractivity contribution in [1.82, 2.24) is 24.3 Å². The van der Waals surface area contributed by atoms with E-state index in [4.69, 9.17) is 5.73 Å². The molecule has 7 heteroatoms. The predicted octanol–water partition coefficient (Wildman–Crippen LogP) is 1.04. The van der Waals surface area contributed by atoms with Crippen molar-refractivity contribution in [2.45, 2.75) is 26.0 Å². The standard InChI is InChI=1S/C14H18N6O/c1-9(21)14-17-11-7-10(15)3-4-12(11)20(14)6-5-13-16-8-19(2)18-13/h3-4,7-9,21H,5-6,15H2,1-2H3. The molecule has 2 aromatic heterocycles. The monoisotopic (exact) mass is 286 g/mol. The smallest absolute Gasteiger partial charge is 0.152 e.